The lowest BCUT2D eigenvalue weighted by Gasteiger charge is -2.08. The normalized spacial score (nSPS) is 10.2. The second-order valence-electron chi connectivity index (χ2n) is 4.44. The van der Waals surface area contributed by atoms with Crippen LogP contribution in [0.2, 0.25) is 0 Å². The summed E-state index contributed by atoms with van der Waals surface area (Å²) in [7, 11) is 0. The molecular formula is C14H15N5O2S. The topological polar surface area (TPSA) is 124 Å². The van der Waals surface area contributed by atoms with Crippen LogP contribution in [0.4, 0.5) is 17.3 Å². The molecule has 114 valence electrons. The van der Waals surface area contributed by atoms with Crippen molar-refractivity contribution in [1.82, 2.24) is 9.97 Å². The molecular weight excluding hydrogens is 302 g/mol. The van der Waals surface area contributed by atoms with Crippen molar-refractivity contribution in [3.05, 3.63) is 35.9 Å². The van der Waals surface area contributed by atoms with Crippen molar-refractivity contribution in [2.24, 2.45) is 0 Å². The molecule has 22 heavy (non-hydrogen) atoms. The van der Waals surface area contributed by atoms with E-state index < -0.39 is 0 Å². The van der Waals surface area contributed by atoms with Crippen LogP contribution in [0.5, 0.6) is 0 Å². The summed E-state index contributed by atoms with van der Waals surface area (Å²) in [5.41, 5.74) is 12.1. The quantitative estimate of drug-likeness (QED) is 0.434. The maximum absolute atomic E-state index is 12.0. The molecule has 2 aromatic rings. The van der Waals surface area contributed by atoms with Crippen molar-refractivity contribution in [3.8, 4) is 0 Å². The summed E-state index contributed by atoms with van der Waals surface area (Å²) in [4.78, 5) is 31.4. The number of carbonyl (C=O) groups excluding carboxylic acids is 2. The number of nitrogens with two attached hydrogens (primary N) is 2. The average Bonchev–Trinajstić information content (AvgIpc) is 2.44. The number of Topliss-reactive ketones (excluding diaryl/α,β-unsaturated/α-hetero) is 1. The zero-order chi connectivity index (χ0) is 16.1. The van der Waals surface area contributed by atoms with Gasteiger partial charge in [-0.2, -0.15) is 0 Å². The van der Waals surface area contributed by atoms with E-state index in [2.05, 4.69) is 15.3 Å². The lowest BCUT2D eigenvalue weighted by molar-refractivity contribution is -0.113. The Kier molecular flexibility index (Phi) is 4.95. The molecule has 0 atom stereocenters. The SMILES string of the molecule is CC(=O)c1ccccc1NC(=O)CSc1nc(N)cc(N)n1. The monoisotopic (exact) mass is 317 g/mol. The molecule has 0 unspecified atom stereocenters. The first-order valence-electron chi connectivity index (χ1n) is 6.38. The van der Waals surface area contributed by atoms with Gasteiger partial charge >= 0.3 is 0 Å². The summed E-state index contributed by atoms with van der Waals surface area (Å²) in [6.07, 6.45) is 0. The number of benzene rings is 1. The Bertz CT molecular complexity index is 700. The predicted molar refractivity (Wildman–Crippen MR) is 86.7 cm³/mol. The van der Waals surface area contributed by atoms with E-state index in [1.165, 1.54) is 13.0 Å². The summed E-state index contributed by atoms with van der Waals surface area (Å²) in [5, 5.41) is 3.02. The second-order valence-corrected chi connectivity index (χ2v) is 5.38. The number of nitrogen functional groups attached to an aromatic ring is 2. The first-order chi connectivity index (χ1) is 10.5. The zero-order valence-electron chi connectivity index (χ0n) is 11.9. The van der Waals surface area contributed by atoms with Crippen molar-refractivity contribution in [1.29, 1.82) is 0 Å². The minimum atomic E-state index is -0.275. The smallest absolute Gasteiger partial charge is 0.234 e. The van der Waals surface area contributed by atoms with Crippen LogP contribution < -0.4 is 16.8 Å². The van der Waals surface area contributed by atoms with Gasteiger partial charge in [-0.05, 0) is 19.1 Å². The van der Waals surface area contributed by atoms with Gasteiger partial charge < -0.3 is 16.8 Å². The summed E-state index contributed by atoms with van der Waals surface area (Å²) in [5.74, 6) is 0.184. The number of thioether (sulfide) groups is 1. The fourth-order valence-corrected chi connectivity index (χ4v) is 2.41. The van der Waals surface area contributed by atoms with E-state index in [1.54, 1.807) is 24.3 Å². The van der Waals surface area contributed by atoms with Gasteiger partial charge in [0.2, 0.25) is 5.91 Å². The minimum Gasteiger partial charge on any atom is -0.383 e. The van der Waals surface area contributed by atoms with Crippen LogP contribution in [-0.2, 0) is 4.79 Å². The van der Waals surface area contributed by atoms with Gasteiger partial charge in [0.1, 0.15) is 11.6 Å². The lowest BCUT2D eigenvalue weighted by atomic mass is 10.1. The zero-order valence-corrected chi connectivity index (χ0v) is 12.7. The van der Waals surface area contributed by atoms with Crippen molar-refractivity contribution in [3.63, 3.8) is 0 Å². The molecule has 0 radical (unpaired) electrons. The molecule has 1 heterocycles. The molecule has 5 N–H and O–H groups in total. The number of hydrogen-bond acceptors (Lipinski definition) is 7. The predicted octanol–water partition coefficient (Wildman–Crippen LogP) is 1.57. The molecule has 0 aliphatic rings. The Morgan fingerprint density at radius 3 is 2.45 bits per heavy atom. The summed E-state index contributed by atoms with van der Waals surface area (Å²) in [6, 6.07) is 8.26. The number of hydrogen-bond donors (Lipinski definition) is 3. The van der Waals surface area contributed by atoms with Crippen LogP contribution in [-0.4, -0.2) is 27.4 Å². The summed E-state index contributed by atoms with van der Waals surface area (Å²) >= 11 is 1.11. The Hall–Kier alpha value is -2.61. The molecule has 2 rings (SSSR count). The number of aromatic nitrogens is 2. The van der Waals surface area contributed by atoms with Gasteiger partial charge in [0.25, 0.3) is 0 Å². The van der Waals surface area contributed by atoms with Crippen LogP contribution in [0.15, 0.2) is 35.5 Å². The number of anilines is 3. The van der Waals surface area contributed by atoms with Crippen molar-refractivity contribution in [2.45, 2.75) is 12.1 Å². The highest BCUT2D eigenvalue weighted by Gasteiger charge is 2.11. The number of para-hydroxylation sites is 1. The van der Waals surface area contributed by atoms with Gasteiger partial charge in [-0.1, -0.05) is 23.9 Å². The first kappa shape index (κ1) is 15.8. The first-order valence-corrected chi connectivity index (χ1v) is 7.37. The highest BCUT2D eigenvalue weighted by Crippen LogP contribution is 2.19. The van der Waals surface area contributed by atoms with E-state index in [9.17, 15) is 9.59 Å². The molecule has 8 heteroatoms. The van der Waals surface area contributed by atoms with E-state index in [0.717, 1.165) is 11.8 Å². The summed E-state index contributed by atoms with van der Waals surface area (Å²) in [6.45, 7) is 1.45. The van der Waals surface area contributed by atoms with Gasteiger partial charge in [0.15, 0.2) is 10.9 Å². The number of nitrogens with zero attached hydrogens (tertiary/aromatic N) is 2. The van der Waals surface area contributed by atoms with E-state index >= 15 is 0 Å². The fraction of sp³-hybridized carbons (Fsp3) is 0.143. The number of nitrogens with one attached hydrogen (secondary N) is 1. The van der Waals surface area contributed by atoms with Crippen LogP contribution >= 0.6 is 11.8 Å². The molecule has 0 aliphatic heterocycles. The molecule has 0 bridgehead atoms. The largest absolute Gasteiger partial charge is 0.383 e. The highest BCUT2D eigenvalue weighted by atomic mass is 32.2. The number of ketones is 1. The van der Waals surface area contributed by atoms with E-state index in [0.29, 0.717) is 16.4 Å². The lowest BCUT2D eigenvalue weighted by Crippen LogP contribution is -2.16. The van der Waals surface area contributed by atoms with Crippen molar-refractivity contribution < 1.29 is 9.59 Å². The maximum atomic E-state index is 12.0. The number of carbonyl (C=O) groups is 2. The van der Waals surface area contributed by atoms with Gasteiger partial charge in [0, 0.05) is 11.6 Å². The molecule has 1 aromatic carbocycles. The molecule has 1 aromatic heterocycles. The van der Waals surface area contributed by atoms with Gasteiger partial charge in [-0.3, -0.25) is 9.59 Å². The van der Waals surface area contributed by atoms with E-state index in [4.69, 9.17) is 11.5 Å². The molecule has 0 saturated heterocycles. The standard InChI is InChI=1S/C14H15N5O2S/c1-8(20)9-4-2-3-5-10(9)17-13(21)7-22-14-18-11(15)6-12(16)19-14/h2-6H,7H2,1H3,(H,17,21)(H4,15,16,18,19). The molecule has 0 fully saturated rings. The fourth-order valence-electron chi connectivity index (χ4n) is 1.74. The van der Waals surface area contributed by atoms with Crippen LogP contribution in [0.3, 0.4) is 0 Å². The second kappa shape index (κ2) is 6.90. The number of rotatable bonds is 5. The molecule has 0 saturated carbocycles. The average molecular weight is 317 g/mol. The molecule has 0 aliphatic carbocycles. The van der Waals surface area contributed by atoms with Crippen molar-refractivity contribution in [2.75, 3.05) is 22.5 Å². The Balaban J connectivity index is 2.00. The van der Waals surface area contributed by atoms with E-state index in [-0.39, 0.29) is 29.1 Å². The molecule has 7 nitrogen and oxygen atoms in total. The minimum absolute atomic E-state index is 0.0785. The van der Waals surface area contributed by atoms with Gasteiger partial charge in [0.05, 0.1) is 11.4 Å². The van der Waals surface area contributed by atoms with Gasteiger partial charge in [-0.15, -0.1) is 0 Å². The van der Waals surface area contributed by atoms with Gasteiger partial charge in [-0.25, -0.2) is 9.97 Å². The molecule has 0 spiro atoms. The van der Waals surface area contributed by atoms with Crippen molar-refractivity contribution >= 4 is 40.8 Å². The van der Waals surface area contributed by atoms with Crippen LogP contribution in [0.1, 0.15) is 17.3 Å². The Labute approximate surface area is 131 Å². The Morgan fingerprint density at radius 1 is 1.18 bits per heavy atom. The van der Waals surface area contributed by atoms with E-state index in [1.807, 2.05) is 0 Å². The maximum Gasteiger partial charge on any atom is 0.234 e. The molecule has 1 amide bonds. The van der Waals surface area contributed by atoms with Crippen LogP contribution in [0.25, 0.3) is 0 Å². The highest BCUT2D eigenvalue weighted by molar-refractivity contribution is 7.99. The Morgan fingerprint density at radius 2 is 1.82 bits per heavy atom. The summed E-state index contributed by atoms with van der Waals surface area (Å²) < 4.78 is 0. The number of amides is 1. The third-order valence-corrected chi connectivity index (χ3v) is 3.51. The third-order valence-electron chi connectivity index (χ3n) is 2.66. The third kappa shape index (κ3) is 4.19. The van der Waals surface area contributed by atoms with Crippen LogP contribution in [0, 0.1) is 0 Å².